The van der Waals surface area contributed by atoms with Crippen molar-refractivity contribution in [3.63, 3.8) is 0 Å². The van der Waals surface area contributed by atoms with Crippen LogP contribution < -0.4 is 16.8 Å². The summed E-state index contributed by atoms with van der Waals surface area (Å²) in [4.78, 5) is 10.8. The number of nitrogens with one attached hydrogen (secondary N) is 1. The highest BCUT2D eigenvalue weighted by Crippen LogP contribution is 2.45. The van der Waals surface area contributed by atoms with Crippen LogP contribution in [0, 0.1) is 0 Å². The molecule has 2 amide bonds. The van der Waals surface area contributed by atoms with Crippen molar-refractivity contribution in [2.24, 2.45) is 5.73 Å². The Morgan fingerprint density at radius 1 is 1.43 bits per heavy atom. The van der Waals surface area contributed by atoms with Crippen LogP contribution in [0.3, 0.4) is 0 Å². The van der Waals surface area contributed by atoms with Crippen LogP contribution in [0.5, 0.6) is 0 Å². The first-order valence-corrected chi connectivity index (χ1v) is 4.56. The molecule has 74 valence electrons. The molecule has 0 bridgehead atoms. The third-order valence-corrected chi connectivity index (χ3v) is 2.55. The van der Waals surface area contributed by atoms with Gasteiger partial charge in [0.2, 0.25) is 0 Å². The van der Waals surface area contributed by atoms with Gasteiger partial charge in [0.15, 0.2) is 0 Å². The van der Waals surface area contributed by atoms with E-state index in [1.165, 1.54) is 0 Å². The summed E-state index contributed by atoms with van der Waals surface area (Å²) in [6.45, 7) is 0. The van der Waals surface area contributed by atoms with Crippen LogP contribution in [0.2, 0.25) is 0 Å². The highest BCUT2D eigenvalue weighted by Gasteiger charge is 2.45. The maximum absolute atomic E-state index is 10.8. The molecule has 0 aromatic heterocycles. The molecule has 4 heteroatoms. The quantitative estimate of drug-likeness (QED) is 0.608. The number of anilines is 1. The topological polar surface area (TPSA) is 81.1 Å². The lowest BCUT2D eigenvalue weighted by Gasteiger charge is -2.16. The minimum absolute atomic E-state index is 0.249. The van der Waals surface area contributed by atoms with Crippen LogP contribution in [0.25, 0.3) is 0 Å². The Morgan fingerprint density at radius 3 is 2.64 bits per heavy atom. The van der Waals surface area contributed by atoms with Crippen LogP contribution in [0.15, 0.2) is 24.3 Å². The van der Waals surface area contributed by atoms with Gasteiger partial charge in [0.05, 0.1) is 5.54 Å². The van der Waals surface area contributed by atoms with Crippen LogP contribution >= 0.6 is 0 Å². The number of rotatable bonds is 2. The molecule has 0 saturated heterocycles. The summed E-state index contributed by atoms with van der Waals surface area (Å²) < 4.78 is 0. The highest BCUT2D eigenvalue weighted by atomic mass is 16.2. The van der Waals surface area contributed by atoms with E-state index in [1.807, 2.05) is 24.3 Å². The van der Waals surface area contributed by atoms with E-state index in [9.17, 15) is 4.79 Å². The molecule has 1 aliphatic carbocycles. The number of carbonyl (C=O) groups excluding carboxylic acids is 1. The lowest BCUT2D eigenvalue weighted by molar-refractivity contribution is 0.244. The summed E-state index contributed by atoms with van der Waals surface area (Å²) in [6, 6.07) is 7.06. The normalized spacial score (nSPS) is 17.4. The van der Waals surface area contributed by atoms with Gasteiger partial charge in [-0.05, 0) is 30.5 Å². The van der Waals surface area contributed by atoms with Crippen molar-refractivity contribution < 1.29 is 4.79 Å². The molecule has 1 fully saturated rings. The van der Waals surface area contributed by atoms with Gasteiger partial charge in [-0.1, -0.05) is 12.1 Å². The van der Waals surface area contributed by atoms with E-state index in [0.717, 1.165) is 18.4 Å². The van der Waals surface area contributed by atoms with Gasteiger partial charge in [0, 0.05) is 5.69 Å². The van der Waals surface area contributed by atoms with Gasteiger partial charge >= 0.3 is 6.03 Å². The second-order valence-corrected chi connectivity index (χ2v) is 3.70. The first-order chi connectivity index (χ1) is 6.62. The van der Waals surface area contributed by atoms with Gasteiger partial charge in [0.1, 0.15) is 0 Å². The molecule has 4 nitrogen and oxygen atoms in total. The lowest BCUT2D eigenvalue weighted by atomic mass is 10.0. The van der Waals surface area contributed by atoms with E-state index in [2.05, 4.69) is 5.32 Å². The zero-order valence-electron chi connectivity index (χ0n) is 7.79. The Bertz CT molecular complexity index is 371. The fourth-order valence-corrected chi connectivity index (χ4v) is 1.68. The Morgan fingerprint density at radius 2 is 2.14 bits per heavy atom. The number of benzene rings is 1. The number of carbonyl (C=O) groups is 1. The van der Waals surface area contributed by atoms with Crippen LogP contribution in [-0.2, 0) is 5.54 Å². The van der Waals surface area contributed by atoms with E-state index in [-0.39, 0.29) is 5.54 Å². The Labute approximate surface area is 82.3 Å². The number of primary amides is 1. The van der Waals surface area contributed by atoms with E-state index >= 15 is 0 Å². The average molecular weight is 191 g/mol. The van der Waals surface area contributed by atoms with E-state index in [0.29, 0.717) is 5.69 Å². The predicted molar refractivity (Wildman–Crippen MR) is 54.5 cm³/mol. The van der Waals surface area contributed by atoms with Crippen LogP contribution in [-0.4, -0.2) is 6.03 Å². The fourth-order valence-electron chi connectivity index (χ4n) is 1.68. The molecule has 0 aliphatic heterocycles. The zero-order valence-corrected chi connectivity index (χ0v) is 7.79. The minimum Gasteiger partial charge on any atom is -0.399 e. The zero-order chi connectivity index (χ0) is 10.2. The van der Waals surface area contributed by atoms with Crippen molar-refractivity contribution >= 4 is 11.7 Å². The number of nitrogens with two attached hydrogens (primary N) is 2. The summed E-state index contributed by atoms with van der Waals surface area (Å²) in [5, 5.41) is 2.76. The minimum atomic E-state index is -0.482. The molecule has 1 aromatic carbocycles. The summed E-state index contributed by atoms with van der Waals surface area (Å²) in [5.41, 5.74) is 12.3. The van der Waals surface area contributed by atoms with Gasteiger partial charge in [-0.15, -0.1) is 0 Å². The van der Waals surface area contributed by atoms with Gasteiger partial charge in [-0.3, -0.25) is 0 Å². The molecule has 2 rings (SSSR count). The third kappa shape index (κ3) is 1.51. The van der Waals surface area contributed by atoms with Gasteiger partial charge in [0.25, 0.3) is 0 Å². The Hall–Kier alpha value is -1.71. The molecular formula is C10H13N3O. The molecule has 0 atom stereocenters. The van der Waals surface area contributed by atoms with Crippen molar-refractivity contribution in [3.8, 4) is 0 Å². The maximum atomic E-state index is 10.8. The molecule has 0 spiro atoms. The van der Waals surface area contributed by atoms with E-state index in [4.69, 9.17) is 11.5 Å². The lowest BCUT2D eigenvalue weighted by Crippen LogP contribution is -2.38. The molecule has 1 saturated carbocycles. The number of nitrogen functional groups attached to an aromatic ring is 1. The van der Waals surface area contributed by atoms with Crippen molar-refractivity contribution in [1.29, 1.82) is 0 Å². The molecule has 0 radical (unpaired) electrons. The van der Waals surface area contributed by atoms with Crippen LogP contribution in [0.1, 0.15) is 18.4 Å². The molecule has 0 unspecified atom stereocenters. The van der Waals surface area contributed by atoms with Gasteiger partial charge in [-0.25, -0.2) is 4.79 Å². The number of amides is 2. The Kier molecular flexibility index (Phi) is 1.84. The SMILES string of the molecule is NC(=O)NC1(c2cccc(N)c2)CC1. The molecule has 14 heavy (non-hydrogen) atoms. The van der Waals surface area contributed by atoms with E-state index in [1.54, 1.807) is 0 Å². The smallest absolute Gasteiger partial charge is 0.312 e. The maximum Gasteiger partial charge on any atom is 0.312 e. The van der Waals surface area contributed by atoms with Gasteiger partial charge in [-0.2, -0.15) is 0 Å². The summed E-state index contributed by atoms with van der Waals surface area (Å²) in [7, 11) is 0. The van der Waals surface area contributed by atoms with E-state index < -0.39 is 6.03 Å². The number of hydrogen-bond acceptors (Lipinski definition) is 2. The summed E-state index contributed by atoms with van der Waals surface area (Å²) >= 11 is 0. The molecule has 1 aromatic rings. The van der Waals surface area contributed by atoms with Crippen molar-refractivity contribution in [3.05, 3.63) is 29.8 Å². The van der Waals surface area contributed by atoms with Crippen molar-refractivity contribution in [1.82, 2.24) is 5.32 Å². The fraction of sp³-hybridized carbons (Fsp3) is 0.300. The highest BCUT2D eigenvalue weighted by molar-refractivity contribution is 5.73. The predicted octanol–water partition coefficient (Wildman–Crippen LogP) is 0.926. The average Bonchev–Trinajstić information content (AvgIpc) is 2.84. The molecular weight excluding hydrogens is 178 g/mol. The van der Waals surface area contributed by atoms with Gasteiger partial charge < -0.3 is 16.8 Å². The largest absolute Gasteiger partial charge is 0.399 e. The molecule has 0 heterocycles. The van der Waals surface area contributed by atoms with Crippen molar-refractivity contribution in [2.75, 3.05) is 5.73 Å². The third-order valence-electron chi connectivity index (χ3n) is 2.55. The monoisotopic (exact) mass is 191 g/mol. The molecule has 5 N–H and O–H groups in total. The number of urea groups is 1. The second kappa shape index (κ2) is 2.90. The first-order valence-electron chi connectivity index (χ1n) is 4.56. The summed E-state index contributed by atoms with van der Waals surface area (Å²) in [6.07, 6.45) is 1.86. The first kappa shape index (κ1) is 8.87. The summed E-state index contributed by atoms with van der Waals surface area (Å²) in [5.74, 6) is 0. The van der Waals surface area contributed by atoms with Crippen molar-refractivity contribution in [2.45, 2.75) is 18.4 Å². The number of hydrogen-bond donors (Lipinski definition) is 3. The second-order valence-electron chi connectivity index (χ2n) is 3.70. The molecule has 1 aliphatic rings. The standard InChI is InChI=1S/C10H13N3O/c11-8-3-1-2-7(6-8)10(4-5-10)13-9(12)14/h1-3,6H,4-5,11H2,(H3,12,13,14). The Balaban J connectivity index is 2.26. The van der Waals surface area contributed by atoms with Crippen LogP contribution in [0.4, 0.5) is 10.5 Å².